The lowest BCUT2D eigenvalue weighted by molar-refractivity contribution is -0.544. The Morgan fingerprint density at radius 2 is 1.32 bits per heavy atom. The van der Waals surface area contributed by atoms with E-state index in [0.717, 1.165) is 4.74 Å². The third-order valence-electron chi connectivity index (χ3n) is 3.57. The molecular weight excluding hydrogens is 322 g/mol. The van der Waals surface area contributed by atoms with Crippen molar-refractivity contribution in [1.29, 1.82) is 0 Å². The summed E-state index contributed by atoms with van der Waals surface area (Å²) in [5.74, 6) is -0.602. The van der Waals surface area contributed by atoms with Crippen molar-refractivity contribution >= 4 is 18.2 Å². The van der Waals surface area contributed by atoms with E-state index < -0.39 is 16.7 Å². The fraction of sp³-hybridized carbons (Fsp3) is 0.842. The second-order valence-electron chi connectivity index (χ2n) is 8.61. The van der Waals surface area contributed by atoms with E-state index in [1.807, 2.05) is 41.5 Å². The van der Waals surface area contributed by atoms with Gasteiger partial charge in [-0.25, -0.2) is 4.74 Å². The second kappa shape index (κ2) is 9.20. The molecule has 0 N–H and O–H groups in total. The number of nitrogens with zero attached hydrogens (tertiary/aromatic N) is 1. The first-order valence-electron chi connectivity index (χ1n) is 8.88. The van der Waals surface area contributed by atoms with Gasteiger partial charge in [0.2, 0.25) is 0 Å². The molecule has 6 nitrogen and oxygen atoms in total. The Bertz CT molecular complexity index is 485. The van der Waals surface area contributed by atoms with Gasteiger partial charge in [0, 0.05) is 33.1 Å². The Balaban J connectivity index is 4.68. The summed E-state index contributed by atoms with van der Waals surface area (Å²) in [6, 6.07) is 0. The van der Waals surface area contributed by atoms with Gasteiger partial charge in [-0.3, -0.25) is 9.59 Å². The fourth-order valence-corrected chi connectivity index (χ4v) is 2.43. The summed E-state index contributed by atoms with van der Waals surface area (Å²) in [6.07, 6.45) is 3.23. The van der Waals surface area contributed by atoms with Crippen LogP contribution in [0.15, 0.2) is 0 Å². The van der Waals surface area contributed by atoms with Gasteiger partial charge in [0.15, 0.2) is 5.54 Å². The van der Waals surface area contributed by atoms with E-state index in [1.54, 1.807) is 13.8 Å². The van der Waals surface area contributed by atoms with Crippen LogP contribution >= 0.6 is 0 Å². The van der Waals surface area contributed by atoms with E-state index in [2.05, 4.69) is 0 Å². The Labute approximate surface area is 152 Å². The molecular formula is C19H35NO5. The van der Waals surface area contributed by atoms with Crippen LogP contribution in [0.4, 0.5) is 0 Å². The molecule has 146 valence electrons. The van der Waals surface area contributed by atoms with Crippen molar-refractivity contribution in [3.05, 3.63) is 5.21 Å². The molecule has 25 heavy (non-hydrogen) atoms. The van der Waals surface area contributed by atoms with Gasteiger partial charge >= 0.3 is 11.9 Å². The average molecular weight is 357 g/mol. The number of ether oxygens (including phenoxy) is 2. The average Bonchev–Trinajstić information content (AvgIpc) is 2.40. The first-order valence-corrected chi connectivity index (χ1v) is 8.88. The molecule has 0 aromatic heterocycles. The summed E-state index contributed by atoms with van der Waals surface area (Å²) in [5, 5.41) is 12.2. The summed E-state index contributed by atoms with van der Waals surface area (Å²) in [6.45, 7) is 14.4. The van der Waals surface area contributed by atoms with Crippen molar-refractivity contribution < 1.29 is 23.8 Å². The standard InChI is InChI=1S/C19H35NO5/c1-9-20(23)19(8,14-12-16(22)25-18(5,6)7)13-10-11-15(21)24-17(2,3)4/h9H,10-14H2,1-8H3/b20-9+. The number of carbonyl (C=O) groups is 2. The molecule has 0 amide bonds. The van der Waals surface area contributed by atoms with Crippen LogP contribution < -0.4 is 0 Å². The molecule has 0 aliphatic rings. The minimum absolute atomic E-state index is 0.160. The molecule has 0 rings (SSSR count). The number of hydrogen-bond acceptors (Lipinski definition) is 5. The Morgan fingerprint density at radius 1 is 0.880 bits per heavy atom. The highest BCUT2D eigenvalue weighted by molar-refractivity contribution is 5.70. The summed E-state index contributed by atoms with van der Waals surface area (Å²) in [7, 11) is 0. The molecule has 0 aliphatic heterocycles. The molecule has 0 spiro atoms. The lowest BCUT2D eigenvalue weighted by atomic mass is 9.90. The van der Waals surface area contributed by atoms with Gasteiger partial charge in [0.1, 0.15) is 17.4 Å². The fourth-order valence-electron chi connectivity index (χ4n) is 2.43. The molecule has 1 unspecified atom stereocenters. The lowest BCUT2D eigenvalue weighted by Crippen LogP contribution is -2.38. The molecule has 0 heterocycles. The van der Waals surface area contributed by atoms with Gasteiger partial charge in [-0.15, -0.1) is 0 Å². The van der Waals surface area contributed by atoms with Crippen LogP contribution in [0.25, 0.3) is 0 Å². The zero-order valence-electron chi connectivity index (χ0n) is 17.1. The van der Waals surface area contributed by atoms with Gasteiger partial charge in [-0.2, -0.15) is 0 Å². The molecule has 0 aromatic carbocycles. The maximum absolute atomic E-state index is 12.2. The predicted molar refractivity (Wildman–Crippen MR) is 98.5 cm³/mol. The molecule has 0 bridgehead atoms. The largest absolute Gasteiger partial charge is 0.624 e. The molecule has 0 fully saturated rings. The number of hydroxylamine groups is 1. The van der Waals surface area contributed by atoms with E-state index >= 15 is 0 Å². The first kappa shape index (κ1) is 23.4. The lowest BCUT2D eigenvalue weighted by Gasteiger charge is -2.29. The van der Waals surface area contributed by atoms with Crippen LogP contribution in [-0.2, 0) is 19.1 Å². The number of esters is 2. The molecule has 6 heteroatoms. The van der Waals surface area contributed by atoms with Crippen LogP contribution in [0.1, 0.15) is 87.5 Å². The number of rotatable bonds is 8. The van der Waals surface area contributed by atoms with Crippen molar-refractivity contribution in [2.24, 2.45) is 0 Å². The topological polar surface area (TPSA) is 78.7 Å². The third kappa shape index (κ3) is 10.8. The van der Waals surface area contributed by atoms with Crippen LogP contribution in [0.5, 0.6) is 0 Å². The number of carbonyl (C=O) groups excluding carboxylic acids is 2. The summed E-state index contributed by atoms with van der Waals surface area (Å²) in [5.41, 5.74) is -1.81. The normalized spacial score (nSPS) is 15.4. The van der Waals surface area contributed by atoms with E-state index in [9.17, 15) is 14.8 Å². The minimum Gasteiger partial charge on any atom is -0.624 e. The smallest absolute Gasteiger partial charge is 0.306 e. The van der Waals surface area contributed by atoms with Crippen molar-refractivity contribution in [3.8, 4) is 0 Å². The Morgan fingerprint density at radius 3 is 1.72 bits per heavy atom. The molecule has 0 radical (unpaired) electrons. The highest BCUT2D eigenvalue weighted by Crippen LogP contribution is 2.25. The Kier molecular flexibility index (Phi) is 8.62. The van der Waals surface area contributed by atoms with E-state index in [0.29, 0.717) is 19.3 Å². The van der Waals surface area contributed by atoms with E-state index in [-0.39, 0.29) is 24.8 Å². The predicted octanol–water partition coefficient (Wildman–Crippen LogP) is 3.98. The van der Waals surface area contributed by atoms with Gasteiger partial charge in [-0.05, 0) is 48.0 Å². The van der Waals surface area contributed by atoms with Gasteiger partial charge < -0.3 is 14.7 Å². The van der Waals surface area contributed by atoms with Gasteiger partial charge in [0.25, 0.3) is 0 Å². The summed E-state index contributed by atoms with van der Waals surface area (Å²) < 4.78 is 11.4. The second-order valence-corrected chi connectivity index (χ2v) is 8.61. The minimum atomic E-state index is -0.756. The Hall–Kier alpha value is -1.59. The SMILES string of the molecule is C/C=[N+](/[O-])C(C)(CCCC(=O)OC(C)(C)C)CCC(=O)OC(C)(C)C. The molecule has 0 aromatic rings. The zero-order chi connectivity index (χ0) is 19.9. The van der Waals surface area contributed by atoms with E-state index in [1.165, 1.54) is 6.21 Å². The van der Waals surface area contributed by atoms with Crippen LogP contribution in [0, 0.1) is 5.21 Å². The summed E-state index contributed by atoms with van der Waals surface area (Å²) >= 11 is 0. The maximum atomic E-state index is 12.2. The van der Waals surface area contributed by atoms with Crippen molar-refractivity contribution in [1.82, 2.24) is 0 Å². The van der Waals surface area contributed by atoms with Gasteiger partial charge in [-0.1, -0.05) is 0 Å². The van der Waals surface area contributed by atoms with Crippen molar-refractivity contribution in [2.75, 3.05) is 0 Å². The molecule has 1 atom stereocenters. The summed E-state index contributed by atoms with van der Waals surface area (Å²) in [4.78, 5) is 23.7. The van der Waals surface area contributed by atoms with E-state index in [4.69, 9.17) is 9.47 Å². The maximum Gasteiger partial charge on any atom is 0.306 e. The highest BCUT2D eigenvalue weighted by Gasteiger charge is 2.34. The quantitative estimate of drug-likeness (QED) is 0.216. The third-order valence-corrected chi connectivity index (χ3v) is 3.57. The first-order chi connectivity index (χ1) is 11.2. The van der Waals surface area contributed by atoms with Gasteiger partial charge in [0.05, 0.1) is 6.42 Å². The monoisotopic (exact) mass is 357 g/mol. The van der Waals surface area contributed by atoms with Crippen molar-refractivity contribution in [3.63, 3.8) is 0 Å². The molecule has 0 aliphatic carbocycles. The van der Waals surface area contributed by atoms with Crippen LogP contribution in [0.2, 0.25) is 0 Å². The van der Waals surface area contributed by atoms with Crippen LogP contribution in [0.3, 0.4) is 0 Å². The van der Waals surface area contributed by atoms with Crippen molar-refractivity contribution in [2.45, 2.75) is 104 Å². The number of hydrogen-bond donors (Lipinski definition) is 0. The zero-order valence-corrected chi connectivity index (χ0v) is 17.1. The molecule has 0 saturated carbocycles. The highest BCUT2D eigenvalue weighted by atomic mass is 16.6. The van der Waals surface area contributed by atoms with Crippen LogP contribution in [-0.4, -0.2) is 39.6 Å². The molecule has 0 saturated heterocycles.